The van der Waals surface area contributed by atoms with Crippen LogP contribution in [0, 0.1) is 6.92 Å². The van der Waals surface area contributed by atoms with Crippen molar-refractivity contribution in [3.63, 3.8) is 0 Å². The molecule has 0 aliphatic heterocycles. The van der Waals surface area contributed by atoms with Crippen molar-refractivity contribution in [2.45, 2.75) is 20.0 Å². The molecule has 1 atom stereocenters. The van der Waals surface area contributed by atoms with Crippen LogP contribution in [0.2, 0.25) is 0 Å². The maximum absolute atomic E-state index is 11.3. The van der Waals surface area contributed by atoms with Crippen LogP contribution in [0.25, 0.3) is 0 Å². The third kappa shape index (κ3) is 1.71. The maximum Gasteiger partial charge on any atom is 0.191 e. The van der Waals surface area contributed by atoms with E-state index in [9.17, 15) is 4.79 Å². The molecule has 0 spiro atoms. The van der Waals surface area contributed by atoms with E-state index in [0.29, 0.717) is 5.56 Å². The molecule has 1 rings (SSSR count). The lowest BCUT2D eigenvalue weighted by Crippen LogP contribution is -2.16. The lowest BCUT2D eigenvalue weighted by molar-refractivity contribution is 0.0779. The van der Waals surface area contributed by atoms with Crippen LogP contribution >= 0.6 is 0 Å². The predicted octanol–water partition coefficient (Wildman–Crippen LogP) is 1.56. The molecule has 0 amide bonds. The zero-order valence-corrected chi connectivity index (χ0v) is 7.24. The summed E-state index contributed by atoms with van der Waals surface area (Å²) < 4.78 is 0. The molecule has 1 N–H and O–H groups in total. The first-order valence-electron chi connectivity index (χ1n) is 3.91. The summed E-state index contributed by atoms with van der Waals surface area (Å²) in [6.07, 6.45) is -0.911. The zero-order chi connectivity index (χ0) is 9.14. The van der Waals surface area contributed by atoms with Gasteiger partial charge >= 0.3 is 0 Å². The van der Waals surface area contributed by atoms with Gasteiger partial charge in [-0.3, -0.25) is 4.79 Å². The molecule has 0 heterocycles. The van der Waals surface area contributed by atoms with Gasteiger partial charge in [-0.15, -0.1) is 0 Å². The summed E-state index contributed by atoms with van der Waals surface area (Å²) in [5.41, 5.74) is 1.51. The molecule has 0 saturated heterocycles. The molecule has 0 fully saturated rings. The highest BCUT2D eigenvalue weighted by Gasteiger charge is 2.12. The van der Waals surface area contributed by atoms with Crippen LogP contribution in [0.3, 0.4) is 0 Å². The minimum Gasteiger partial charge on any atom is -0.385 e. The first-order valence-corrected chi connectivity index (χ1v) is 3.91. The number of hydrogen-bond donors (Lipinski definition) is 1. The lowest BCUT2D eigenvalue weighted by Gasteiger charge is -2.05. The third-order valence-electron chi connectivity index (χ3n) is 1.79. The van der Waals surface area contributed by atoms with Gasteiger partial charge in [0.15, 0.2) is 5.78 Å². The Labute approximate surface area is 71.8 Å². The van der Waals surface area contributed by atoms with Gasteiger partial charge in [0.25, 0.3) is 0 Å². The van der Waals surface area contributed by atoms with E-state index >= 15 is 0 Å². The van der Waals surface area contributed by atoms with Crippen molar-refractivity contribution in [3.8, 4) is 0 Å². The molecule has 64 valence electrons. The van der Waals surface area contributed by atoms with Gasteiger partial charge in [0.05, 0.1) is 0 Å². The van der Waals surface area contributed by atoms with E-state index < -0.39 is 6.10 Å². The average molecular weight is 164 g/mol. The van der Waals surface area contributed by atoms with Gasteiger partial charge in [-0.2, -0.15) is 0 Å². The zero-order valence-electron chi connectivity index (χ0n) is 7.24. The molecule has 2 heteroatoms. The fraction of sp³-hybridized carbons (Fsp3) is 0.300. The summed E-state index contributed by atoms with van der Waals surface area (Å²) >= 11 is 0. The number of hydrogen-bond acceptors (Lipinski definition) is 2. The summed E-state index contributed by atoms with van der Waals surface area (Å²) in [5.74, 6) is -0.215. The highest BCUT2D eigenvalue weighted by Crippen LogP contribution is 2.09. The van der Waals surface area contributed by atoms with E-state index in [2.05, 4.69) is 0 Å². The molecule has 0 bridgehead atoms. The topological polar surface area (TPSA) is 37.3 Å². The number of aryl methyl sites for hydroxylation is 1. The number of carbonyl (C=O) groups is 1. The monoisotopic (exact) mass is 164 g/mol. The minimum absolute atomic E-state index is 0.215. The van der Waals surface area contributed by atoms with Crippen molar-refractivity contribution in [3.05, 3.63) is 35.4 Å². The van der Waals surface area contributed by atoms with E-state index in [1.807, 2.05) is 19.1 Å². The number of rotatable bonds is 2. The van der Waals surface area contributed by atoms with Crippen LogP contribution in [-0.2, 0) is 0 Å². The molecule has 1 aromatic rings. The average Bonchev–Trinajstić information content (AvgIpc) is 2.04. The van der Waals surface area contributed by atoms with Crippen LogP contribution in [0.4, 0.5) is 0 Å². The van der Waals surface area contributed by atoms with Crippen LogP contribution < -0.4 is 0 Å². The van der Waals surface area contributed by atoms with Crippen molar-refractivity contribution in [1.29, 1.82) is 0 Å². The molecule has 1 aromatic carbocycles. The molecule has 0 aliphatic carbocycles. The second kappa shape index (κ2) is 3.50. The maximum atomic E-state index is 11.3. The van der Waals surface area contributed by atoms with Crippen LogP contribution in [0.15, 0.2) is 24.3 Å². The van der Waals surface area contributed by atoms with E-state index in [-0.39, 0.29) is 5.78 Å². The highest BCUT2D eigenvalue weighted by molar-refractivity contribution is 6.00. The fourth-order valence-corrected chi connectivity index (χ4v) is 1.07. The standard InChI is InChI=1S/C10H12O2/c1-7-5-3-4-6-9(7)10(12)8(2)11/h3-6,8,11H,1-2H3/t8-/m0/s1. The van der Waals surface area contributed by atoms with Crippen molar-refractivity contribution in [1.82, 2.24) is 0 Å². The molecule has 0 radical (unpaired) electrons. The summed E-state index contributed by atoms with van der Waals surface area (Å²) in [4.78, 5) is 11.3. The quantitative estimate of drug-likeness (QED) is 0.673. The first-order chi connectivity index (χ1) is 5.63. The van der Waals surface area contributed by atoms with Crippen molar-refractivity contribution in [2.24, 2.45) is 0 Å². The van der Waals surface area contributed by atoms with E-state index in [4.69, 9.17) is 5.11 Å². The largest absolute Gasteiger partial charge is 0.385 e. The molecule has 0 saturated carbocycles. The van der Waals surface area contributed by atoms with Crippen LogP contribution in [-0.4, -0.2) is 17.0 Å². The number of Topliss-reactive ketones (excluding diaryl/α,β-unsaturated/α-hetero) is 1. The molecule has 0 aromatic heterocycles. The van der Waals surface area contributed by atoms with Crippen LogP contribution in [0.1, 0.15) is 22.8 Å². The molecule has 0 unspecified atom stereocenters. The van der Waals surface area contributed by atoms with Crippen molar-refractivity contribution < 1.29 is 9.90 Å². The number of carbonyl (C=O) groups excluding carboxylic acids is 1. The van der Waals surface area contributed by atoms with Gasteiger partial charge in [0.1, 0.15) is 6.10 Å². The predicted molar refractivity (Wildman–Crippen MR) is 47.2 cm³/mol. The molecular formula is C10H12O2. The smallest absolute Gasteiger partial charge is 0.191 e. The molecule has 12 heavy (non-hydrogen) atoms. The van der Waals surface area contributed by atoms with Gasteiger partial charge < -0.3 is 5.11 Å². The Balaban J connectivity index is 3.03. The van der Waals surface area contributed by atoms with Crippen molar-refractivity contribution >= 4 is 5.78 Å². The molecular weight excluding hydrogens is 152 g/mol. The lowest BCUT2D eigenvalue weighted by atomic mass is 10.0. The Bertz CT molecular complexity index is 290. The number of aliphatic hydroxyl groups is 1. The number of aliphatic hydroxyl groups excluding tert-OH is 1. The van der Waals surface area contributed by atoms with E-state index in [1.165, 1.54) is 6.92 Å². The van der Waals surface area contributed by atoms with E-state index in [1.54, 1.807) is 12.1 Å². The third-order valence-corrected chi connectivity index (χ3v) is 1.79. The molecule has 0 aliphatic rings. The fourth-order valence-electron chi connectivity index (χ4n) is 1.07. The Morgan fingerprint density at radius 3 is 2.50 bits per heavy atom. The number of ketones is 1. The SMILES string of the molecule is Cc1ccccc1C(=O)[C@H](C)O. The van der Waals surface area contributed by atoms with Gasteiger partial charge in [-0.05, 0) is 19.4 Å². The normalized spacial score (nSPS) is 12.6. The van der Waals surface area contributed by atoms with Gasteiger partial charge in [-0.1, -0.05) is 24.3 Å². The summed E-state index contributed by atoms with van der Waals surface area (Å²) in [5, 5.41) is 9.05. The summed E-state index contributed by atoms with van der Waals surface area (Å²) in [6.45, 7) is 3.34. The Morgan fingerprint density at radius 2 is 2.00 bits per heavy atom. The second-order valence-electron chi connectivity index (χ2n) is 2.86. The minimum atomic E-state index is -0.911. The summed E-state index contributed by atoms with van der Waals surface area (Å²) in [7, 11) is 0. The first kappa shape index (κ1) is 8.94. The van der Waals surface area contributed by atoms with Crippen molar-refractivity contribution in [2.75, 3.05) is 0 Å². The Hall–Kier alpha value is -1.15. The van der Waals surface area contributed by atoms with Gasteiger partial charge in [0.2, 0.25) is 0 Å². The van der Waals surface area contributed by atoms with E-state index in [0.717, 1.165) is 5.56 Å². The second-order valence-corrected chi connectivity index (χ2v) is 2.86. The Morgan fingerprint density at radius 1 is 1.42 bits per heavy atom. The highest BCUT2D eigenvalue weighted by atomic mass is 16.3. The van der Waals surface area contributed by atoms with Crippen LogP contribution in [0.5, 0.6) is 0 Å². The summed E-state index contributed by atoms with van der Waals surface area (Å²) in [6, 6.07) is 7.25. The molecule has 2 nitrogen and oxygen atoms in total. The van der Waals surface area contributed by atoms with Gasteiger partial charge in [-0.25, -0.2) is 0 Å². The van der Waals surface area contributed by atoms with Gasteiger partial charge in [0, 0.05) is 5.56 Å². The number of benzene rings is 1. The Kier molecular flexibility index (Phi) is 2.61.